The first-order chi connectivity index (χ1) is 17.6. The number of aliphatic carboxylic acids is 1. The summed E-state index contributed by atoms with van der Waals surface area (Å²) in [5.74, 6) is -2.24. The maximum atomic E-state index is 13.8. The van der Waals surface area contributed by atoms with Crippen LogP contribution in [0.15, 0.2) is 60.8 Å². The molecule has 0 aliphatic rings. The molecule has 0 radical (unpaired) electrons. The predicted molar refractivity (Wildman–Crippen MR) is 126 cm³/mol. The number of hydrogen-bond donors (Lipinski definition) is 2. The largest absolute Gasteiger partial charge is 0.478 e. The number of carboxylic acid groups (broad SMARTS) is 1. The molecule has 0 amide bonds. The van der Waals surface area contributed by atoms with Gasteiger partial charge in [0, 0.05) is 23.5 Å². The zero-order valence-electron chi connectivity index (χ0n) is 18.4. The van der Waals surface area contributed by atoms with Crippen LogP contribution in [-0.2, 0) is 4.79 Å². The SMILES string of the molecule is O=C(O)C=Cc1cccc(-c2cnc(Nc3ccc(F)c(Cl)c3)nc2-n2nc(C(F)F)cc2C(F)F)c1. The highest BCUT2D eigenvalue weighted by Crippen LogP contribution is 2.33. The van der Waals surface area contributed by atoms with Crippen molar-refractivity contribution in [2.24, 2.45) is 0 Å². The first-order valence-electron chi connectivity index (χ1n) is 10.4. The van der Waals surface area contributed by atoms with E-state index in [0.29, 0.717) is 21.9 Å². The van der Waals surface area contributed by atoms with E-state index in [1.165, 1.54) is 30.5 Å². The molecular weight excluding hydrogens is 521 g/mol. The van der Waals surface area contributed by atoms with E-state index < -0.39 is 36.0 Å². The molecule has 13 heteroatoms. The van der Waals surface area contributed by atoms with Crippen LogP contribution in [0.4, 0.5) is 33.6 Å². The van der Waals surface area contributed by atoms with E-state index in [4.69, 9.17) is 16.7 Å². The molecular formula is C24H15ClF5N5O2. The Hall–Kier alpha value is -4.32. The van der Waals surface area contributed by atoms with Gasteiger partial charge in [0.1, 0.15) is 17.2 Å². The third-order valence-electron chi connectivity index (χ3n) is 4.96. The Morgan fingerprint density at radius 2 is 1.86 bits per heavy atom. The van der Waals surface area contributed by atoms with Gasteiger partial charge in [-0.05, 0) is 47.5 Å². The monoisotopic (exact) mass is 535 g/mol. The van der Waals surface area contributed by atoms with E-state index in [1.807, 2.05) is 0 Å². The van der Waals surface area contributed by atoms with Crippen molar-refractivity contribution >= 4 is 35.3 Å². The zero-order valence-corrected chi connectivity index (χ0v) is 19.2. The Labute approximate surface area is 210 Å². The Morgan fingerprint density at radius 1 is 1.08 bits per heavy atom. The Morgan fingerprint density at radius 3 is 2.54 bits per heavy atom. The lowest BCUT2D eigenvalue weighted by atomic mass is 10.0. The second-order valence-electron chi connectivity index (χ2n) is 7.49. The number of carbonyl (C=O) groups is 1. The van der Waals surface area contributed by atoms with Gasteiger partial charge < -0.3 is 10.4 Å². The van der Waals surface area contributed by atoms with Crippen LogP contribution in [0.1, 0.15) is 29.8 Å². The van der Waals surface area contributed by atoms with Gasteiger partial charge in [-0.3, -0.25) is 0 Å². The molecule has 0 aliphatic carbocycles. The van der Waals surface area contributed by atoms with Crippen LogP contribution in [0, 0.1) is 5.82 Å². The Kier molecular flexibility index (Phi) is 7.48. The lowest BCUT2D eigenvalue weighted by Gasteiger charge is -2.14. The van der Waals surface area contributed by atoms with Crippen LogP contribution in [0.3, 0.4) is 0 Å². The molecule has 0 aliphatic heterocycles. The number of anilines is 2. The van der Waals surface area contributed by atoms with Crippen molar-refractivity contribution in [2.45, 2.75) is 12.9 Å². The summed E-state index contributed by atoms with van der Waals surface area (Å²) in [6.45, 7) is 0. The predicted octanol–water partition coefficient (Wildman–Crippen LogP) is 6.84. The second kappa shape index (κ2) is 10.7. The number of carboxylic acids is 1. The maximum Gasteiger partial charge on any atom is 0.328 e. The van der Waals surface area contributed by atoms with Crippen molar-refractivity contribution in [3.8, 4) is 16.9 Å². The summed E-state index contributed by atoms with van der Waals surface area (Å²) in [7, 11) is 0. The molecule has 0 saturated heterocycles. The van der Waals surface area contributed by atoms with Gasteiger partial charge in [0.25, 0.3) is 12.9 Å². The summed E-state index contributed by atoms with van der Waals surface area (Å²) in [5, 5.41) is 15.1. The van der Waals surface area contributed by atoms with E-state index in [2.05, 4.69) is 20.4 Å². The number of hydrogen-bond acceptors (Lipinski definition) is 5. The van der Waals surface area contributed by atoms with Crippen LogP contribution in [0.2, 0.25) is 5.02 Å². The topological polar surface area (TPSA) is 92.9 Å². The minimum atomic E-state index is -3.17. The van der Waals surface area contributed by atoms with Crippen LogP contribution < -0.4 is 5.32 Å². The molecule has 7 nitrogen and oxygen atoms in total. The van der Waals surface area contributed by atoms with Crippen molar-refractivity contribution in [3.63, 3.8) is 0 Å². The Balaban J connectivity index is 1.88. The van der Waals surface area contributed by atoms with Gasteiger partial charge in [-0.15, -0.1) is 0 Å². The molecule has 190 valence electrons. The first-order valence-corrected chi connectivity index (χ1v) is 10.8. The van der Waals surface area contributed by atoms with Gasteiger partial charge in [-0.1, -0.05) is 29.8 Å². The molecule has 2 heterocycles. The summed E-state index contributed by atoms with van der Waals surface area (Å²) >= 11 is 5.79. The highest BCUT2D eigenvalue weighted by atomic mass is 35.5. The van der Waals surface area contributed by atoms with E-state index >= 15 is 0 Å². The van der Waals surface area contributed by atoms with E-state index in [-0.39, 0.29) is 28.0 Å². The number of benzene rings is 2. The second-order valence-corrected chi connectivity index (χ2v) is 7.90. The first kappa shape index (κ1) is 25.8. The molecule has 0 spiro atoms. The van der Waals surface area contributed by atoms with Gasteiger partial charge in [-0.2, -0.15) is 10.1 Å². The average molecular weight is 536 g/mol. The number of alkyl halides is 4. The van der Waals surface area contributed by atoms with Crippen molar-refractivity contribution < 1.29 is 31.9 Å². The van der Waals surface area contributed by atoms with Crippen molar-refractivity contribution in [1.82, 2.24) is 19.7 Å². The van der Waals surface area contributed by atoms with Gasteiger partial charge in [0.05, 0.1) is 5.02 Å². The molecule has 2 N–H and O–H groups in total. The zero-order chi connectivity index (χ0) is 26.7. The fraction of sp³-hybridized carbons (Fsp3) is 0.0833. The molecule has 37 heavy (non-hydrogen) atoms. The highest BCUT2D eigenvalue weighted by Gasteiger charge is 2.25. The number of halogens is 6. The van der Waals surface area contributed by atoms with Gasteiger partial charge in [-0.25, -0.2) is 36.4 Å². The Bertz CT molecular complexity index is 1490. The average Bonchev–Trinajstić information content (AvgIpc) is 3.32. The summed E-state index contributed by atoms with van der Waals surface area (Å²) in [4.78, 5) is 19.3. The van der Waals surface area contributed by atoms with Gasteiger partial charge in [0.2, 0.25) is 5.95 Å². The quantitative estimate of drug-likeness (QED) is 0.190. The molecule has 4 rings (SSSR count). The lowest BCUT2D eigenvalue weighted by molar-refractivity contribution is -0.131. The summed E-state index contributed by atoms with van der Waals surface area (Å²) in [5.41, 5.74) is -0.469. The molecule has 2 aromatic heterocycles. The fourth-order valence-electron chi connectivity index (χ4n) is 3.32. The normalized spacial score (nSPS) is 11.6. The van der Waals surface area contributed by atoms with Gasteiger partial charge >= 0.3 is 5.97 Å². The molecule has 2 aromatic carbocycles. The molecule has 0 saturated carbocycles. The van der Waals surface area contributed by atoms with Crippen LogP contribution >= 0.6 is 11.6 Å². The van der Waals surface area contributed by atoms with E-state index in [0.717, 1.165) is 12.1 Å². The minimum absolute atomic E-state index is 0.138. The highest BCUT2D eigenvalue weighted by molar-refractivity contribution is 6.31. The minimum Gasteiger partial charge on any atom is -0.478 e. The molecule has 0 bridgehead atoms. The number of nitrogens with zero attached hydrogens (tertiary/aromatic N) is 4. The van der Waals surface area contributed by atoms with Crippen LogP contribution in [-0.4, -0.2) is 30.8 Å². The molecule has 0 fully saturated rings. The summed E-state index contributed by atoms with van der Waals surface area (Å²) in [6.07, 6.45) is -2.80. The number of aromatic nitrogens is 4. The lowest BCUT2D eigenvalue weighted by Crippen LogP contribution is -2.10. The van der Waals surface area contributed by atoms with Gasteiger partial charge in [0.15, 0.2) is 5.82 Å². The fourth-order valence-corrected chi connectivity index (χ4v) is 3.51. The van der Waals surface area contributed by atoms with Crippen molar-refractivity contribution in [3.05, 3.63) is 88.6 Å². The van der Waals surface area contributed by atoms with Crippen molar-refractivity contribution in [2.75, 3.05) is 5.32 Å². The smallest absolute Gasteiger partial charge is 0.328 e. The van der Waals surface area contributed by atoms with Crippen LogP contribution in [0.25, 0.3) is 23.0 Å². The summed E-state index contributed by atoms with van der Waals surface area (Å²) in [6, 6.07) is 10.6. The standard InChI is InChI=1S/C24H15ClF5N5O2/c25-16-9-14(5-6-17(16)26)32-24-31-11-15(13-3-1-2-12(8-13)4-7-20(36)37)23(33-24)35-19(22(29)30)10-18(34-35)21(27)28/h1-11,21-22H,(H,36,37)(H,31,32,33). The third-order valence-corrected chi connectivity index (χ3v) is 5.25. The van der Waals surface area contributed by atoms with E-state index in [1.54, 1.807) is 18.2 Å². The molecule has 0 atom stereocenters. The molecule has 0 unspecified atom stereocenters. The third kappa shape index (κ3) is 5.92. The van der Waals surface area contributed by atoms with E-state index in [9.17, 15) is 26.7 Å². The number of rotatable bonds is 8. The van der Waals surface area contributed by atoms with Crippen LogP contribution in [0.5, 0.6) is 0 Å². The number of nitrogens with one attached hydrogen (secondary N) is 1. The molecule has 4 aromatic rings. The summed E-state index contributed by atoms with van der Waals surface area (Å²) < 4.78 is 68.4. The maximum absolute atomic E-state index is 13.8. The van der Waals surface area contributed by atoms with Crippen molar-refractivity contribution in [1.29, 1.82) is 0 Å².